The second kappa shape index (κ2) is 8.01. The third-order valence-electron chi connectivity index (χ3n) is 4.10. The van der Waals surface area contributed by atoms with Gasteiger partial charge in [0.1, 0.15) is 5.82 Å². The van der Waals surface area contributed by atoms with E-state index in [-0.39, 0.29) is 11.2 Å². The summed E-state index contributed by atoms with van der Waals surface area (Å²) in [6.45, 7) is 5.86. The second-order valence-electron chi connectivity index (χ2n) is 5.93. The summed E-state index contributed by atoms with van der Waals surface area (Å²) in [6, 6.07) is 8.34. The van der Waals surface area contributed by atoms with Crippen LogP contribution >= 0.6 is 23.1 Å². The van der Waals surface area contributed by atoms with E-state index in [1.54, 1.807) is 0 Å². The van der Waals surface area contributed by atoms with Crippen molar-refractivity contribution in [3.8, 4) is 11.3 Å². The van der Waals surface area contributed by atoms with E-state index in [9.17, 15) is 4.79 Å². The fourth-order valence-electron chi connectivity index (χ4n) is 2.28. The highest BCUT2D eigenvalue weighted by Crippen LogP contribution is 2.27. The van der Waals surface area contributed by atoms with Crippen LogP contribution in [-0.2, 0) is 18.3 Å². The van der Waals surface area contributed by atoms with E-state index in [1.165, 1.54) is 28.7 Å². The highest BCUT2D eigenvalue weighted by atomic mass is 32.2. The number of thioether (sulfide) groups is 1. The maximum atomic E-state index is 12.4. The number of hydrogen-bond acceptors (Lipinski definition) is 6. The minimum atomic E-state index is -0.298. The molecule has 0 fully saturated rings. The monoisotopic (exact) mass is 387 g/mol. The lowest BCUT2D eigenvalue weighted by atomic mass is 10.1. The van der Waals surface area contributed by atoms with Gasteiger partial charge in [-0.2, -0.15) is 0 Å². The molecule has 1 N–H and O–H groups in total. The third-order valence-corrected chi connectivity index (χ3v) is 5.99. The van der Waals surface area contributed by atoms with Crippen LogP contribution in [0, 0.1) is 6.92 Å². The highest BCUT2D eigenvalue weighted by molar-refractivity contribution is 8.00. The number of carbonyl (C=O) groups excluding carboxylic acids is 1. The van der Waals surface area contributed by atoms with E-state index in [0.29, 0.717) is 5.13 Å². The molecule has 2 heterocycles. The lowest BCUT2D eigenvalue weighted by Crippen LogP contribution is -2.22. The fraction of sp³-hybridized carbons (Fsp3) is 0.333. The molecular weight excluding hydrogens is 366 g/mol. The number of anilines is 1. The Hall–Kier alpha value is -2.19. The Balaban J connectivity index is 1.64. The van der Waals surface area contributed by atoms with Crippen LogP contribution in [-0.4, -0.2) is 30.9 Å². The summed E-state index contributed by atoms with van der Waals surface area (Å²) >= 11 is 2.81. The molecule has 1 amide bonds. The number of aryl methyl sites for hydroxylation is 2. The van der Waals surface area contributed by atoms with Gasteiger partial charge >= 0.3 is 0 Å². The number of nitrogens with zero attached hydrogens (tertiary/aromatic N) is 4. The maximum absolute atomic E-state index is 12.4. The smallest absolute Gasteiger partial charge is 0.239 e. The molecule has 2 aromatic heterocycles. The van der Waals surface area contributed by atoms with E-state index < -0.39 is 0 Å². The first-order valence-corrected chi connectivity index (χ1v) is 10.1. The van der Waals surface area contributed by atoms with Gasteiger partial charge in [0.15, 0.2) is 10.3 Å². The van der Waals surface area contributed by atoms with Crippen molar-refractivity contribution >= 4 is 34.1 Å². The lowest BCUT2D eigenvalue weighted by molar-refractivity contribution is -0.115. The molecule has 3 rings (SSSR count). The van der Waals surface area contributed by atoms with Crippen LogP contribution in [0.3, 0.4) is 0 Å². The van der Waals surface area contributed by atoms with Crippen molar-refractivity contribution in [3.05, 3.63) is 41.0 Å². The number of benzene rings is 1. The standard InChI is InChI=1S/C18H21N5OS2/c1-5-13-6-8-14(9-7-13)15-10-25-17(19-15)20-16(24)11(2)26-18-22-21-12(3)23(18)4/h6-11H,5H2,1-4H3,(H,19,20,24)/t11-/m1/s1. The summed E-state index contributed by atoms with van der Waals surface area (Å²) in [4.78, 5) is 17.0. The Labute approximate surface area is 161 Å². The van der Waals surface area contributed by atoms with E-state index in [4.69, 9.17) is 0 Å². The highest BCUT2D eigenvalue weighted by Gasteiger charge is 2.19. The Bertz CT molecular complexity index is 901. The van der Waals surface area contributed by atoms with Crippen molar-refractivity contribution < 1.29 is 4.79 Å². The predicted octanol–water partition coefficient (Wildman–Crippen LogP) is 3.93. The van der Waals surface area contributed by atoms with Crippen LogP contribution in [0.2, 0.25) is 0 Å². The van der Waals surface area contributed by atoms with Crippen LogP contribution < -0.4 is 5.32 Å². The average molecular weight is 388 g/mol. The zero-order chi connectivity index (χ0) is 18.7. The zero-order valence-electron chi connectivity index (χ0n) is 15.2. The van der Waals surface area contributed by atoms with Crippen molar-refractivity contribution in [1.82, 2.24) is 19.7 Å². The molecule has 0 aliphatic heterocycles. The van der Waals surface area contributed by atoms with E-state index >= 15 is 0 Å². The number of amides is 1. The van der Waals surface area contributed by atoms with Gasteiger partial charge < -0.3 is 9.88 Å². The van der Waals surface area contributed by atoms with Crippen molar-refractivity contribution in [3.63, 3.8) is 0 Å². The number of carbonyl (C=O) groups is 1. The van der Waals surface area contributed by atoms with E-state index in [1.807, 2.05) is 30.8 Å². The van der Waals surface area contributed by atoms with Gasteiger partial charge in [-0.25, -0.2) is 4.98 Å². The van der Waals surface area contributed by atoms with Crippen LogP contribution in [0.4, 0.5) is 5.13 Å². The molecule has 0 spiro atoms. The second-order valence-corrected chi connectivity index (χ2v) is 8.09. The number of hydrogen-bond donors (Lipinski definition) is 1. The van der Waals surface area contributed by atoms with Crippen LogP contribution in [0.25, 0.3) is 11.3 Å². The molecule has 8 heteroatoms. The van der Waals surface area contributed by atoms with Gasteiger partial charge in [-0.05, 0) is 25.8 Å². The SMILES string of the molecule is CCc1ccc(-c2csc(NC(=O)[C@@H](C)Sc3nnc(C)n3C)n2)cc1. The molecule has 26 heavy (non-hydrogen) atoms. The summed E-state index contributed by atoms with van der Waals surface area (Å²) in [7, 11) is 1.89. The molecule has 0 saturated carbocycles. The van der Waals surface area contributed by atoms with Gasteiger partial charge in [-0.15, -0.1) is 21.5 Å². The first kappa shape index (κ1) is 18.6. The maximum Gasteiger partial charge on any atom is 0.239 e. The minimum Gasteiger partial charge on any atom is -0.309 e. The molecule has 0 aliphatic rings. The first-order valence-electron chi connectivity index (χ1n) is 8.36. The summed E-state index contributed by atoms with van der Waals surface area (Å²) in [5, 5.41) is 14.0. The molecule has 1 atom stereocenters. The molecule has 0 aliphatic carbocycles. The van der Waals surface area contributed by atoms with Crippen molar-refractivity contribution in [1.29, 1.82) is 0 Å². The Morgan fingerprint density at radius 3 is 2.65 bits per heavy atom. The molecule has 1 aromatic carbocycles. The molecule has 3 aromatic rings. The van der Waals surface area contributed by atoms with Crippen molar-refractivity contribution in [2.45, 2.75) is 37.6 Å². The Morgan fingerprint density at radius 2 is 2.04 bits per heavy atom. The first-order chi connectivity index (χ1) is 12.5. The summed E-state index contributed by atoms with van der Waals surface area (Å²) in [5.41, 5.74) is 3.22. The largest absolute Gasteiger partial charge is 0.309 e. The number of rotatable bonds is 6. The average Bonchev–Trinajstić information content (AvgIpc) is 3.23. The van der Waals surface area contributed by atoms with Crippen molar-refractivity contribution in [2.24, 2.45) is 7.05 Å². The van der Waals surface area contributed by atoms with Gasteiger partial charge in [0.25, 0.3) is 0 Å². The van der Waals surface area contributed by atoms with Crippen molar-refractivity contribution in [2.75, 3.05) is 5.32 Å². The van der Waals surface area contributed by atoms with Gasteiger partial charge in [0, 0.05) is 18.0 Å². The molecule has 0 unspecified atom stereocenters. The summed E-state index contributed by atoms with van der Waals surface area (Å²) in [6.07, 6.45) is 1.01. The molecule has 0 bridgehead atoms. The topological polar surface area (TPSA) is 72.7 Å². The quantitative estimate of drug-likeness (QED) is 0.649. The van der Waals surface area contributed by atoms with E-state index in [2.05, 4.69) is 51.7 Å². The van der Waals surface area contributed by atoms with Gasteiger partial charge in [0.05, 0.1) is 10.9 Å². The Morgan fingerprint density at radius 1 is 1.31 bits per heavy atom. The molecule has 136 valence electrons. The third kappa shape index (κ3) is 4.13. The summed E-state index contributed by atoms with van der Waals surface area (Å²) in [5.74, 6) is 0.719. The Kier molecular flexibility index (Phi) is 5.73. The molecule has 0 saturated heterocycles. The van der Waals surface area contributed by atoms with Crippen LogP contribution in [0.1, 0.15) is 25.2 Å². The van der Waals surface area contributed by atoms with E-state index in [0.717, 1.165) is 28.7 Å². The zero-order valence-corrected chi connectivity index (χ0v) is 16.8. The van der Waals surface area contributed by atoms with Gasteiger partial charge in [-0.3, -0.25) is 4.79 Å². The summed E-state index contributed by atoms with van der Waals surface area (Å²) < 4.78 is 1.87. The van der Waals surface area contributed by atoms with Gasteiger partial charge in [-0.1, -0.05) is 43.0 Å². The lowest BCUT2D eigenvalue weighted by Gasteiger charge is -2.09. The van der Waals surface area contributed by atoms with Crippen LogP contribution in [0.5, 0.6) is 0 Å². The number of nitrogens with one attached hydrogen (secondary N) is 1. The van der Waals surface area contributed by atoms with Gasteiger partial charge in [0.2, 0.25) is 5.91 Å². The fourth-order valence-corrected chi connectivity index (χ4v) is 3.87. The minimum absolute atomic E-state index is 0.0992. The molecule has 6 nitrogen and oxygen atoms in total. The molecule has 0 radical (unpaired) electrons. The number of thiazole rings is 1. The molecular formula is C18H21N5OS2. The predicted molar refractivity (Wildman–Crippen MR) is 107 cm³/mol. The normalized spacial score (nSPS) is 12.2. The van der Waals surface area contributed by atoms with Crippen LogP contribution in [0.15, 0.2) is 34.8 Å². The number of aromatic nitrogens is 4.